The van der Waals surface area contributed by atoms with Crippen molar-refractivity contribution < 1.29 is 14.3 Å². The Morgan fingerprint density at radius 3 is 2.29 bits per heavy atom. The van der Waals surface area contributed by atoms with E-state index in [1.807, 2.05) is 11.8 Å². The number of amides is 1. The Hall–Kier alpha value is -0.810. The second-order valence-electron chi connectivity index (χ2n) is 6.04. The molecule has 1 aliphatic heterocycles. The highest BCUT2D eigenvalue weighted by atomic mass is 35.5. The summed E-state index contributed by atoms with van der Waals surface area (Å²) in [4.78, 5) is 26.1. The van der Waals surface area contributed by atoms with Crippen LogP contribution in [0.2, 0.25) is 0 Å². The van der Waals surface area contributed by atoms with E-state index in [0.717, 1.165) is 25.7 Å². The second kappa shape index (κ2) is 7.99. The van der Waals surface area contributed by atoms with E-state index in [2.05, 4.69) is 0 Å². The van der Waals surface area contributed by atoms with Crippen LogP contribution in [0.4, 0.5) is 0 Å². The first-order valence-electron chi connectivity index (χ1n) is 7.82. The van der Waals surface area contributed by atoms with E-state index in [4.69, 9.17) is 10.5 Å². The average molecular weight is 319 g/mol. The molecule has 0 radical (unpaired) electrons. The number of hydrogen-bond donors (Lipinski definition) is 1. The van der Waals surface area contributed by atoms with Gasteiger partial charge in [0.2, 0.25) is 5.91 Å². The molecular weight excluding hydrogens is 292 g/mol. The molecule has 0 aromatic rings. The number of nitrogens with two attached hydrogens (primary N) is 1. The minimum absolute atomic E-state index is 0. The number of hydrogen-bond acceptors (Lipinski definition) is 4. The number of carbonyl (C=O) groups is 2. The van der Waals surface area contributed by atoms with Gasteiger partial charge in [0.1, 0.15) is 0 Å². The summed E-state index contributed by atoms with van der Waals surface area (Å²) in [6.45, 7) is 3.49. The van der Waals surface area contributed by atoms with E-state index in [1.54, 1.807) is 0 Å². The van der Waals surface area contributed by atoms with Crippen molar-refractivity contribution in [2.75, 3.05) is 19.7 Å². The van der Waals surface area contributed by atoms with Gasteiger partial charge in [-0.2, -0.15) is 0 Å². The number of piperidine rings is 1. The molecule has 2 N–H and O–H groups in total. The first kappa shape index (κ1) is 18.2. The van der Waals surface area contributed by atoms with Gasteiger partial charge < -0.3 is 15.4 Å². The van der Waals surface area contributed by atoms with Gasteiger partial charge in [-0.3, -0.25) is 9.59 Å². The lowest BCUT2D eigenvalue weighted by atomic mass is 9.81. The largest absolute Gasteiger partial charge is 0.466 e. The van der Waals surface area contributed by atoms with Gasteiger partial charge in [0.15, 0.2) is 0 Å². The summed E-state index contributed by atoms with van der Waals surface area (Å²) in [6, 6.07) is 0. The van der Waals surface area contributed by atoms with Crippen LogP contribution in [0.5, 0.6) is 0 Å². The number of carbonyl (C=O) groups excluding carboxylic acids is 2. The van der Waals surface area contributed by atoms with Crippen LogP contribution in [0, 0.1) is 5.92 Å². The van der Waals surface area contributed by atoms with Gasteiger partial charge >= 0.3 is 5.97 Å². The summed E-state index contributed by atoms with van der Waals surface area (Å²) in [7, 11) is 0. The topological polar surface area (TPSA) is 72.6 Å². The minimum Gasteiger partial charge on any atom is -0.466 e. The standard InChI is InChI=1S/C15H26N2O3.ClH/c1-2-20-13(18)12-6-10-17(11-7-12)14(19)15(16)8-4-3-5-9-15;/h12H,2-11,16H2,1H3;1H. The van der Waals surface area contributed by atoms with E-state index in [-0.39, 0.29) is 30.2 Å². The maximum absolute atomic E-state index is 12.6. The summed E-state index contributed by atoms with van der Waals surface area (Å²) < 4.78 is 5.05. The van der Waals surface area contributed by atoms with Crippen molar-refractivity contribution in [2.45, 2.75) is 57.4 Å². The third kappa shape index (κ3) is 4.33. The monoisotopic (exact) mass is 318 g/mol. The fraction of sp³-hybridized carbons (Fsp3) is 0.867. The van der Waals surface area contributed by atoms with Crippen molar-refractivity contribution in [3.8, 4) is 0 Å². The molecule has 122 valence electrons. The molecule has 0 unspecified atom stereocenters. The van der Waals surface area contributed by atoms with Crippen LogP contribution >= 0.6 is 12.4 Å². The zero-order chi connectivity index (χ0) is 14.6. The smallest absolute Gasteiger partial charge is 0.309 e. The lowest BCUT2D eigenvalue weighted by molar-refractivity contribution is -0.152. The highest BCUT2D eigenvalue weighted by molar-refractivity contribution is 5.86. The van der Waals surface area contributed by atoms with E-state index in [9.17, 15) is 9.59 Å². The van der Waals surface area contributed by atoms with Crippen molar-refractivity contribution >= 4 is 24.3 Å². The molecule has 0 atom stereocenters. The Kier molecular flexibility index (Phi) is 6.94. The quantitative estimate of drug-likeness (QED) is 0.806. The molecular formula is C15H27ClN2O3. The normalized spacial score (nSPS) is 22.3. The van der Waals surface area contributed by atoms with Gasteiger partial charge in [0.05, 0.1) is 18.1 Å². The van der Waals surface area contributed by atoms with E-state index in [1.165, 1.54) is 6.42 Å². The minimum atomic E-state index is -0.658. The predicted octanol–water partition coefficient (Wildman–Crippen LogP) is 1.87. The number of nitrogens with zero attached hydrogens (tertiary/aromatic N) is 1. The van der Waals surface area contributed by atoms with Gasteiger partial charge in [-0.1, -0.05) is 19.3 Å². The second-order valence-corrected chi connectivity index (χ2v) is 6.04. The van der Waals surface area contributed by atoms with Crippen LogP contribution < -0.4 is 5.73 Å². The summed E-state index contributed by atoms with van der Waals surface area (Å²) in [5.41, 5.74) is 5.64. The Balaban J connectivity index is 0.00000220. The third-order valence-corrected chi connectivity index (χ3v) is 4.57. The molecule has 2 rings (SSSR count). The molecule has 1 aliphatic carbocycles. The number of rotatable bonds is 3. The number of likely N-dealkylation sites (tertiary alicyclic amines) is 1. The molecule has 5 nitrogen and oxygen atoms in total. The number of ether oxygens (including phenoxy) is 1. The van der Waals surface area contributed by atoms with Crippen LogP contribution in [0.1, 0.15) is 51.9 Å². The molecule has 0 spiro atoms. The van der Waals surface area contributed by atoms with Crippen LogP contribution in [-0.4, -0.2) is 42.0 Å². The SMILES string of the molecule is CCOC(=O)C1CCN(C(=O)C2(N)CCCCC2)CC1.Cl. The first-order chi connectivity index (χ1) is 9.57. The summed E-state index contributed by atoms with van der Waals surface area (Å²) >= 11 is 0. The van der Waals surface area contributed by atoms with Crippen molar-refractivity contribution in [3.05, 3.63) is 0 Å². The fourth-order valence-corrected chi connectivity index (χ4v) is 3.29. The molecule has 0 bridgehead atoms. The number of halogens is 1. The highest BCUT2D eigenvalue weighted by Crippen LogP contribution is 2.29. The lowest BCUT2D eigenvalue weighted by Crippen LogP contribution is -2.57. The van der Waals surface area contributed by atoms with Crippen molar-refractivity contribution in [2.24, 2.45) is 11.7 Å². The van der Waals surface area contributed by atoms with Gasteiger partial charge in [-0.05, 0) is 32.6 Å². The average Bonchev–Trinajstić information content (AvgIpc) is 2.48. The highest BCUT2D eigenvalue weighted by Gasteiger charge is 2.40. The maximum Gasteiger partial charge on any atom is 0.309 e. The van der Waals surface area contributed by atoms with Crippen LogP contribution in [-0.2, 0) is 14.3 Å². The van der Waals surface area contributed by atoms with Crippen molar-refractivity contribution in [1.82, 2.24) is 4.90 Å². The molecule has 1 saturated heterocycles. The fourth-order valence-electron chi connectivity index (χ4n) is 3.29. The molecule has 2 fully saturated rings. The molecule has 0 aromatic carbocycles. The van der Waals surface area contributed by atoms with Gasteiger partial charge in [0, 0.05) is 13.1 Å². The molecule has 1 amide bonds. The van der Waals surface area contributed by atoms with E-state index in [0.29, 0.717) is 32.5 Å². The first-order valence-corrected chi connectivity index (χ1v) is 7.82. The van der Waals surface area contributed by atoms with E-state index >= 15 is 0 Å². The molecule has 6 heteroatoms. The summed E-state index contributed by atoms with van der Waals surface area (Å²) in [5.74, 6) is -0.0988. The van der Waals surface area contributed by atoms with Crippen LogP contribution in [0.25, 0.3) is 0 Å². The third-order valence-electron chi connectivity index (χ3n) is 4.57. The maximum atomic E-state index is 12.6. The Morgan fingerprint density at radius 2 is 1.76 bits per heavy atom. The molecule has 0 aromatic heterocycles. The molecule has 2 aliphatic rings. The Bertz CT molecular complexity index is 362. The lowest BCUT2D eigenvalue weighted by Gasteiger charge is -2.39. The summed E-state index contributed by atoms with van der Waals surface area (Å²) in [5, 5.41) is 0. The van der Waals surface area contributed by atoms with Gasteiger partial charge in [0.25, 0.3) is 0 Å². The molecule has 21 heavy (non-hydrogen) atoms. The zero-order valence-electron chi connectivity index (χ0n) is 12.8. The Morgan fingerprint density at radius 1 is 1.19 bits per heavy atom. The van der Waals surface area contributed by atoms with Crippen LogP contribution in [0.3, 0.4) is 0 Å². The van der Waals surface area contributed by atoms with Crippen molar-refractivity contribution in [1.29, 1.82) is 0 Å². The Labute approximate surface area is 133 Å². The van der Waals surface area contributed by atoms with E-state index < -0.39 is 5.54 Å². The van der Waals surface area contributed by atoms with Crippen molar-refractivity contribution in [3.63, 3.8) is 0 Å². The van der Waals surface area contributed by atoms with Gasteiger partial charge in [-0.15, -0.1) is 12.4 Å². The zero-order valence-corrected chi connectivity index (χ0v) is 13.6. The molecule has 1 saturated carbocycles. The van der Waals surface area contributed by atoms with Gasteiger partial charge in [-0.25, -0.2) is 0 Å². The van der Waals surface area contributed by atoms with Crippen LogP contribution in [0.15, 0.2) is 0 Å². The number of esters is 1. The summed E-state index contributed by atoms with van der Waals surface area (Å²) in [6.07, 6.45) is 6.24. The molecule has 1 heterocycles. The predicted molar refractivity (Wildman–Crippen MR) is 83.2 cm³/mol.